The number of benzene rings is 1. The average Bonchev–Trinajstić information content (AvgIpc) is 3.28. The van der Waals surface area contributed by atoms with Crippen molar-refractivity contribution in [3.8, 4) is 0 Å². The molecule has 5 nitrogen and oxygen atoms in total. The maximum Gasteiger partial charge on any atom is 0.225 e. The highest BCUT2D eigenvalue weighted by atomic mass is 16.2. The van der Waals surface area contributed by atoms with Crippen LogP contribution in [0.3, 0.4) is 0 Å². The van der Waals surface area contributed by atoms with Gasteiger partial charge in [-0.15, -0.1) is 0 Å². The number of carbonyl (C=O) groups excluding carboxylic acids is 2. The zero-order chi connectivity index (χ0) is 19.7. The zero-order valence-electron chi connectivity index (χ0n) is 17.2. The fourth-order valence-corrected chi connectivity index (χ4v) is 5.40. The third-order valence-electron chi connectivity index (χ3n) is 6.74. The molecular weight excluding hydrogens is 350 g/mol. The van der Waals surface area contributed by atoms with Gasteiger partial charge in [0.15, 0.2) is 0 Å². The van der Waals surface area contributed by atoms with Crippen LogP contribution < -0.4 is 5.32 Å². The predicted octanol–water partition coefficient (Wildman–Crippen LogP) is 2.66. The number of carbonyl (C=O) groups is 2. The van der Waals surface area contributed by atoms with Gasteiger partial charge in [0.2, 0.25) is 11.8 Å². The Morgan fingerprint density at radius 3 is 2.43 bits per heavy atom. The quantitative estimate of drug-likeness (QED) is 0.851. The highest BCUT2D eigenvalue weighted by Crippen LogP contribution is 2.45. The molecule has 2 amide bonds. The lowest BCUT2D eigenvalue weighted by Crippen LogP contribution is -2.65. The topological polar surface area (TPSA) is 52.7 Å². The van der Waals surface area contributed by atoms with Crippen molar-refractivity contribution in [1.29, 1.82) is 0 Å². The Kier molecular flexibility index (Phi) is 5.46. The van der Waals surface area contributed by atoms with Crippen molar-refractivity contribution in [3.05, 3.63) is 35.9 Å². The van der Waals surface area contributed by atoms with Crippen LogP contribution in [0.2, 0.25) is 0 Å². The molecule has 1 atom stereocenters. The van der Waals surface area contributed by atoms with Crippen LogP contribution in [0.25, 0.3) is 0 Å². The van der Waals surface area contributed by atoms with Gasteiger partial charge in [0.1, 0.15) is 0 Å². The molecule has 0 bridgehead atoms. The molecule has 2 heterocycles. The Labute approximate surface area is 168 Å². The Morgan fingerprint density at radius 1 is 1.11 bits per heavy atom. The van der Waals surface area contributed by atoms with Crippen LogP contribution in [0.15, 0.2) is 30.3 Å². The smallest absolute Gasteiger partial charge is 0.225 e. The first-order valence-corrected chi connectivity index (χ1v) is 10.8. The first-order chi connectivity index (χ1) is 13.5. The SMILES string of the molecule is CC(C)NC(=O)C1CN(Cc2ccccc2)CC12CN(C(=O)C1CCCC1)C2. The summed E-state index contributed by atoms with van der Waals surface area (Å²) in [4.78, 5) is 30.2. The molecule has 1 aromatic rings. The lowest BCUT2D eigenvalue weighted by Gasteiger charge is -2.51. The Morgan fingerprint density at radius 2 is 1.79 bits per heavy atom. The van der Waals surface area contributed by atoms with Crippen LogP contribution in [-0.4, -0.2) is 53.8 Å². The van der Waals surface area contributed by atoms with Gasteiger partial charge < -0.3 is 10.2 Å². The van der Waals surface area contributed by atoms with Gasteiger partial charge in [0, 0.05) is 50.1 Å². The molecule has 1 spiro atoms. The third-order valence-corrected chi connectivity index (χ3v) is 6.74. The first-order valence-electron chi connectivity index (χ1n) is 10.8. The van der Waals surface area contributed by atoms with Crippen molar-refractivity contribution < 1.29 is 9.59 Å². The van der Waals surface area contributed by atoms with E-state index in [4.69, 9.17) is 0 Å². The molecule has 1 N–H and O–H groups in total. The lowest BCUT2D eigenvalue weighted by atomic mass is 9.70. The van der Waals surface area contributed by atoms with Crippen LogP contribution in [0.5, 0.6) is 0 Å². The maximum atomic E-state index is 13.0. The van der Waals surface area contributed by atoms with E-state index in [1.165, 1.54) is 18.4 Å². The van der Waals surface area contributed by atoms with Crippen LogP contribution in [0.4, 0.5) is 0 Å². The monoisotopic (exact) mass is 383 g/mol. The van der Waals surface area contributed by atoms with Gasteiger partial charge in [0.25, 0.3) is 0 Å². The van der Waals surface area contributed by atoms with Crippen LogP contribution in [0, 0.1) is 17.3 Å². The molecular formula is C23H33N3O2. The Bertz CT molecular complexity index is 706. The van der Waals surface area contributed by atoms with E-state index in [0.29, 0.717) is 5.91 Å². The van der Waals surface area contributed by atoms with Gasteiger partial charge in [-0.2, -0.15) is 0 Å². The lowest BCUT2D eigenvalue weighted by molar-refractivity contribution is -0.153. The summed E-state index contributed by atoms with van der Waals surface area (Å²) >= 11 is 0. The Hall–Kier alpha value is -1.88. The molecule has 1 aliphatic carbocycles. The van der Waals surface area contributed by atoms with E-state index in [1.807, 2.05) is 24.8 Å². The predicted molar refractivity (Wildman–Crippen MR) is 109 cm³/mol. The van der Waals surface area contributed by atoms with E-state index >= 15 is 0 Å². The van der Waals surface area contributed by atoms with Crippen molar-refractivity contribution in [2.75, 3.05) is 26.2 Å². The van der Waals surface area contributed by atoms with E-state index in [9.17, 15) is 9.59 Å². The van der Waals surface area contributed by atoms with Crippen molar-refractivity contribution in [2.45, 2.75) is 52.1 Å². The first kappa shape index (κ1) is 19.4. The molecule has 1 aromatic carbocycles. The summed E-state index contributed by atoms with van der Waals surface area (Å²) in [7, 11) is 0. The van der Waals surface area contributed by atoms with E-state index in [-0.39, 0.29) is 29.2 Å². The highest BCUT2D eigenvalue weighted by Gasteiger charge is 2.58. The molecule has 1 saturated carbocycles. The van der Waals surface area contributed by atoms with Gasteiger partial charge in [-0.05, 0) is 32.3 Å². The van der Waals surface area contributed by atoms with Gasteiger partial charge >= 0.3 is 0 Å². The zero-order valence-corrected chi connectivity index (χ0v) is 17.2. The number of hydrogen-bond acceptors (Lipinski definition) is 3. The summed E-state index contributed by atoms with van der Waals surface area (Å²) in [5.74, 6) is 0.666. The molecule has 28 heavy (non-hydrogen) atoms. The second kappa shape index (κ2) is 7.86. The minimum absolute atomic E-state index is 0.0359. The van der Waals surface area contributed by atoms with E-state index in [0.717, 1.165) is 45.6 Å². The number of nitrogens with one attached hydrogen (secondary N) is 1. The summed E-state index contributed by atoms with van der Waals surface area (Å²) in [5, 5.41) is 3.12. The number of likely N-dealkylation sites (tertiary alicyclic amines) is 2. The second-order valence-electron chi connectivity index (χ2n) is 9.41. The fourth-order valence-electron chi connectivity index (χ4n) is 5.40. The summed E-state index contributed by atoms with van der Waals surface area (Å²) in [5.41, 5.74) is 1.20. The summed E-state index contributed by atoms with van der Waals surface area (Å²) < 4.78 is 0. The molecule has 2 aliphatic heterocycles. The second-order valence-corrected chi connectivity index (χ2v) is 9.41. The van der Waals surface area contributed by atoms with Crippen LogP contribution >= 0.6 is 0 Å². The van der Waals surface area contributed by atoms with Crippen molar-refractivity contribution in [2.24, 2.45) is 17.3 Å². The molecule has 5 heteroatoms. The number of nitrogens with zero attached hydrogens (tertiary/aromatic N) is 2. The largest absolute Gasteiger partial charge is 0.354 e. The van der Waals surface area contributed by atoms with E-state index in [1.54, 1.807) is 0 Å². The van der Waals surface area contributed by atoms with Gasteiger partial charge in [-0.3, -0.25) is 14.5 Å². The van der Waals surface area contributed by atoms with Crippen LogP contribution in [-0.2, 0) is 16.1 Å². The maximum absolute atomic E-state index is 13.0. The van der Waals surface area contributed by atoms with Gasteiger partial charge in [-0.25, -0.2) is 0 Å². The summed E-state index contributed by atoms with van der Waals surface area (Å²) in [6.45, 7) is 8.04. The fraction of sp³-hybridized carbons (Fsp3) is 0.652. The number of hydrogen-bond donors (Lipinski definition) is 1. The molecule has 152 valence electrons. The van der Waals surface area contributed by atoms with Crippen molar-refractivity contribution in [3.63, 3.8) is 0 Å². The van der Waals surface area contributed by atoms with Gasteiger partial charge in [-0.1, -0.05) is 43.2 Å². The molecule has 3 fully saturated rings. The Balaban J connectivity index is 1.45. The van der Waals surface area contributed by atoms with Crippen LogP contribution in [0.1, 0.15) is 45.1 Å². The molecule has 3 aliphatic rings. The third kappa shape index (κ3) is 3.82. The van der Waals surface area contributed by atoms with E-state index in [2.05, 4.69) is 34.5 Å². The highest BCUT2D eigenvalue weighted by molar-refractivity contribution is 5.83. The minimum Gasteiger partial charge on any atom is -0.354 e. The van der Waals surface area contributed by atoms with Crippen molar-refractivity contribution in [1.82, 2.24) is 15.1 Å². The molecule has 0 radical (unpaired) electrons. The molecule has 0 aromatic heterocycles. The standard InChI is InChI=1S/C23H33N3O2/c1-17(2)24-21(27)20-13-25(12-18-8-4-3-5-9-18)14-23(20)15-26(16-23)22(28)19-10-6-7-11-19/h3-5,8-9,17,19-20H,6-7,10-16H2,1-2H3,(H,24,27). The van der Waals surface area contributed by atoms with Gasteiger partial charge in [0.05, 0.1) is 5.92 Å². The minimum atomic E-state index is -0.0813. The van der Waals surface area contributed by atoms with Crippen molar-refractivity contribution >= 4 is 11.8 Å². The number of amides is 2. The number of rotatable bonds is 5. The van der Waals surface area contributed by atoms with E-state index < -0.39 is 0 Å². The summed E-state index contributed by atoms with van der Waals surface area (Å²) in [6, 6.07) is 10.6. The molecule has 2 saturated heterocycles. The molecule has 1 unspecified atom stereocenters. The summed E-state index contributed by atoms with van der Waals surface area (Å²) in [6.07, 6.45) is 4.44. The molecule has 4 rings (SSSR count). The average molecular weight is 384 g/mol. The normalized spacial score (nSPS) is 24.7.